The van der Waals surface area contributed by atoms with Gasteiger partial charge in [0.25, 0.3) is 0 Å². The van der Waals surface area contributed by atoms with E-state index < -0.39 is 7.25 Å². The molecule has 0 spiro atoms. The molecular formula is C24H50BF4Fe. The Bertz CT molecular complexity index is 361. The molecule has 1 radical (unpaired) electrons. The van der Waals surface area contributed by atoms with Crippen LogP contribution in [0.15, 0.2) is 0 Å². The molecule has 185 valence electrons. The molecule has 6 heteroatoms. The molecule has 0 aromatic carbocycles. The largest absolute Gasteiger partial charge is 3.00 e. The molecule has 0 amide bonds. The van der Waals surface area contributed by atoms with Crippen molar-refractivity contribution in [2.24, 2.45) is 34.5 Å². The fraction of sp³-hybridized carbons (Fsp3) is 0.917. The summed E-state index contributed by atoms with van der Waals surface area (Å²) < 4.78 is 39.0. The van der Waals surface area contributed by atoms with Crippen LogP contribution in [0.1, 0.15) is 107 Å². The first-order valence-electron chi connectivity index (χ1n) is 10.9. The fourth-order valence-electron chi connectivity index (χ4n) is 4.46. The van der Waals surface area contributed by atoms with Crippen molar-refractivity contribution in [1.82, 2.24) is 0 Å². The number of hydrogen-bond donors (Lipinski definition) is 0. The van der Waals surface area contributed by atoms with Crippen molar-refractivity contribution in [3.05, 3.63) is 14.9 Å². The summed E-state index contributed by atoms with van der Waals surface area (Å²) in [6, 6.07) is 0. The summed E-state index contributed by atoms with van der Waals surface area (Å²) in [6.45, 7) is 19.0. The van der Waals surface area contributed by atoms with E-state index in [0.717, 1.165) is 23.7 Å². The fourth-order valence-corrected chi connectivity index (χ4v) is 4.46. The van der Waals surface area contributed by atoms with Gasteiger partial charge in [0.1, 0.15) is 0 Å². The van der Waals surface area contributed by atoms with Crippen LogP contribution in [0.5, 0.6) is 0 Å². The van der Waals surface area contributed by atoms with Gasteiger partial charge in [-0.15, -0.1) is 0 Å². The monoisotopic (exact) mass is 481 g/mol. The summed E-state index contributed by atoms with van der Waals surface area (Å²) >= 11 is 0. The predicted octanol–water partition coefficient (Wildman–Crippen LogP) is 9.92. The Morgan fingerprint density at radius 1 is 0.633 bits per heavy atom. The first kappa shape index (κ1) is 37.6. The van der Waals surface area contributed by atoms with E-state index in [1.807, 2.05) is 0 Å². The van der Waals surface area contributed by atoms with E-state index in [1.54, 1.807) is 0 Å². The van der Waals surface area contributed by atoms with E-state index in [2.05, 4.69) is 55.4 Å². The Morgan fingerprint density at radius 3 is 0.967 bits per heavy atom. The topological polar surface area (TPSA) is 0 Å². The van der Waals surface area contributed by atoms with Crippen LogP contribution in [-0.4, -0.2) is 7.25 Å². The first-order chi connectivity index (χ1) is 12.1. The molecule has 2 rings (SSSR count). The van der Waals surface area contributed by atoms with Gasteiger partial charge in [0.2, 0.25) is 0 Å². The van der Waals surface area contributed by atoms with E-state index >= 15 is 0 Å². The normalized spacial score (nSPS) is 26.0. The van der Waals surface area contributed by atoms with Crippen molar-refractivity contribution in [2.45, 2.75) is 107 Å². The van der Waals surface area contributed by atoms with Crippen LogP contribution in [0.3, 0.4) is 0 Å². The third kappa shape index (κ3) is 17.9. The Labute approximate surface area is 197 Å². The Morgan fingerprint density at radius 2 is 0.867 bits per heavy atom. The maximum atomic E-state index is 9.75. The van der Waals surface area contributed by atoms with Gasteiger partial charge in [-0.2, -0.15) is 0 Å². The minimum atomic E-state index is -6.00. The van der Waals surface area contributed by atoms with Gasteiger partial charge in [0, 0.05) is 0 Å². The third-order valence-corrected chi connectivity index (χ3v) is 6.69. The second kappa shape index (κ2) is 16.0. The van der Waals surface area contributed by atoms with Crippen LogP contribution < -0.4 is 0 Å². The number of halogens is 4. The van der Waals surface area contributed by atoms with Gasteiger partial charge in [-0.1, -0.05) is 81.1 Å². The van der Waals surface area contributed by atoms with Crippen molar-refractivity contribution in [1.29, 1.82) is 0 Å². The maximum absolute atomic E-state index is 9.75. The minimum Gasteiger partial charge on any atom is -0.418 e. The first-order valence-corrected chi connectivity index (χ1v) is 10.9. The summed E-state index contributed by atoms with van der Waals surface area (Å²) in [5.41, 5.74) is 1.12. The van der Waals surface area contributed by atoms with E-state index in [9.17, 15) is 17.3 Å². The molecule has 0 N–H and O–H groups in total. The molecule has 2 aliphatic carbocycles. The van der Waals surface area contributed by atoms with Crippen LogP contribution in [0, 0.1) is 49.4 Å². The molecule has 2 saturated carbocycles. The molecule has 0 nitrogen and oxygen atoms in total. The van der Waals surface area contributed by atoms with Crippen LogP contribution in [0.4, 0.5) is 17.3 Å². The summed E-state index contributed by atoms with van der Waals surface area (Å²) in [4.78, 5) is 0. The zero-order valence-corrected chi connectivity index (χ0v) is 22.5. The van der Waals surface area contributed by atoms with E-state index in [0.29, 0.717) is 10.8 Å². The molecule has 0 aromatic rings. The second-order valence-electron chi connectivity index (χ2n) is 10.8. The van der Waals surface area contributed by atoms with Gasteiger partial charge in [-0.3, -0.25) is 0 Å². The molecule has 30 heavy (non-hydrogen) atoms. The molecule has 0 aromatic heterocycles. The molecule has 2 aliphatic rings. The van der Waals surface area contributed by atoms with Crippen LogP contribution in [0.25, 0.3) is 0 Å². The van der Waals surface area contributed by atoms with Gasteiger partial charge in [-0.25, -0.2) is 0 Å². The Balaban J connectivity index is -0.000000171. The van der Waals surface area contributed by atoms with Gasteiger partial charge >= 0.3 is 24.3 Å². The van der Waals surface area contributed by atoms with E-state index in [-0.39, 0.29) is 31.9 Å². The molecule has 0 saturated heterocycles. The molecule has 0 aliphatic heterocycles. The summed E-state index contributed by atoms with van der Waals surface area (Å²) in [5.74, 6) is 4.07. The summed E-state index contributed by atoms with van der Waals surface area (Å²) in [6.07, 6.45) is 11.7. The van der Waals surface area contributed by atoms with Gasteiger partial charge in [-0.05, 0) is 60.2 Å². The molecule has 0 heterocycles. The van der Waals surface area contributed by atoms with Gasteiger partial charge in [0.05, 0.1) is 0 Å². The Kier molecular flexibility index (Phi) is 20.1. The second-order valence-corrected chi connectivity index (χ2v) is 10.8. The average molecular weight is 481 g/mol. The van der Waals surface area contributed by atoms with Crippen LogP contribution in [0.2, 0.25) is 0 Å². The molecular weight excluding hydrogens is 431 g/mol. The van der Waals surface area contributed by atoms with Crippen LogP contribution >= 0.6 is 0 Å². The van der Waals surface area contributed by atoms with Crippen molar-refractivity contribution in [2.75, 3.05) is 0 Å². The van der Waals surface area contributed by atoms with Crippen molar-refractivity contribution in [3.63, 3.8) is 0 Å². The van der Waals surface area contributed by atoms with E-state index in [4.69, 9.17) is 0 Å². The zero-order valence-electron chi connectivity index (χ0n) is 21.4. The van der Waals surface area contributed by atoms with Crippen molar-refractivity contribution >= 4 is 7.25 Å². The summed E-state index contributed by atoms with van der Waals surface area (Å²) in [5, 5.41) is 0. The average Bonchev–Trinajstić information content (AvgIpc) is 3.14. The molecule has 2 fully saturated rings. The number of rotatable bonds is 2. The van der Waals surface area contributed by atoms with Crippen molar-refractivity contribution in [3.8, 4) is 0 Å². The zero-order chi connectivity index (χ0) is 21.5. The smallest absolute Gasteiger partial charge is 0.418 e. The summed E-state index contributed by atoms with van der Waals surface area (Å²) in [7, 11) is -6.00. The quantitative estimate of drug-likeness (QED) is 0.209. The van der Waals surface area contributed by atoms with E-state index in [1.165, 1.54) is 51.4 Å². The standard InChI is InChI=1S/2C11H22.2CH3.BF4.Fe/c2*1-5-9-6-7-10(8-9)11(2,3)4;;;2-1(3,4)5;/h2*9-10H,5-8H2,1-4H3;2*1H3;;/q;;3*-1;+3. The molecule has 4 unspecified atom stereocenters. The maximum Gasteiger partial charge on any atom is 3.00 e. The molecule has 4 atom stereocenters. The molecule has 0 bridgehead atoms. The van der Waals surface area contributed by atoms with Gasteiger partial charge < -0.3 is 32.1 Å². The minimum absolute atomic E-state index is 0. The predicted molar refractivity (Wildman–Crippen MR) is 124 cm³/mol. The number of hydrogen-bond acceptors (Lipinski definition) is 0. The Hall–Kier alpha value is 0.304. The third-order valence-electron chi connectivity index (χ3n) is 6.69. The van der Waals surface area contributed by atoms with Gasteiger partial charge in [0.15, 0.2) is 0 Å². The van der Waals surface area contributed by atoms with Crippen molar-refractivity contribution < 1.29 is 34.3 Å². The SMILES string of the molecule is CCC1CCC(C(C)(C)C)C1.CCC1CCC(C(C)(C)C)C1.F[B-](F)(F)F.[CH3-].[CH3-].[Fe+3]. The van der Waals surface area contributed by atoms with Crippen LogP contribution in [-0.2, 0) is 17.1 Å².